The molecule has 1 atom stereocenters. The molecule has 0 saturated carbocycles. The molecule has 0 aliphatic carbocycles. The number of piperidine rings is 1. The third-order valence-corrected chi connectivity index (χ3v) is 5.79. The van der Waals surface area contributed by atoms with Crippen LogP contribution in [0.1, 0.15) is 42.1 Å². The molecule has 5 heteroatoms. The average molecular weight is 389 g/mol. The molecule has 1 amide bonds. The second-order valence-corrected chi connectivity index (χ2v) is 7.95. The molecule has 0 bridgehead atoms. The van der Waals surface area contributed by atoms with E-state index in [1.807, 2.05) is 43.3 Å². The molecule has 0 unspecified atom stereocenters. The van der Waals surface area contributed by atoms with Crippen molar-refractivity contribution in [3.63, 3.8) is 0 Å². The van der Waals surface area contributed by atoms with Crippen LogP contribution in [0.25, 0.3) is 22.2 Å². The number of pyridine rings is 2. The molecule has 150 valence electrons. The SMILES string of the molecule is Cc1ccc2nc(-c3cccnc3)cc(C(=O)NCCN3CCCC[C@@H]3C)c2c1. The summed E-state index contributed by atoms with van der Waals surface area (Å²) in [6.45, 7) is 6.99. The predicted octanol–water partition coefficient (Wildman–Crippen LogP) is 4.21. The minimum atomic E-state index is -0.0437. The summed E-state index contributed by atoms with van der Waals surface area (Å²) in [6, 6.07) is 12.4. The number of benzene rings is 1. The van der Waals surface area contributed by atoms with Crippen molar-refractivity contribution < 1.29 is 4.79 Å². The van der Waals surface area contributed by atoms with E-state index in [2.05, 4.69) is 22.1 Å². The highest BCUT2D eigenvalue weighted by Gasteiger charge is 2.19. The quantitative estimate of drug-likeness (QED) is 0.711. The number of fused-ring (bicyclic) bond motifs is 1. The van der Waals surface area contributed by atoms with Crippen molar-refractivity contribution in [1.29, 1.82) is 0 Å². The van der Waals surface area contributed by atoms with Crippen molar-refractivity contribution in [3.8, 4) is 11.3 Å². The van der Waals surface area contributed by atoms with Gasteiger partial charge in [0.15, 0.2) is 0 Å². The summed E-state index contributed by atoms with van der Waals surface area (Å²) in [7, 11) is 0. The van der Waals surface area contributed by atoms with Crippen molar-refractivity contribution >= 4 is 16.8 Å². The highest BCUT2D eigenvalue weighted by molar-refractivity contribution is 6.07. The molecule has 1 aromatic carbocycles. The summed E-state index contributed by atoms with van der Waals surface area (Å²) >= 11 is 0. The minimum absolute atomic E-state index is 0.0437. The molecule has 3 heterocycles. The van der Waals surface area contributed by atoms with Crippen molar-refractivity contribution in [2.75, 3.05) is 19.6 Å². The van der Waals surface area contributed by atoms with Gasteiger partial charge in [-0.15, -0.1) is 0 Å². The fourth-order valence-electron chi connectivity index (χ4n) is 4.09. The van der Waals surface area contributed by atoms with E-state index in [1.54, 1.807) is 12.4 Å². The Morgan fingerprint density at radius 2 is 2.14 bits per heavy atom. The summed E-state index contributed by atoms with van der Waals surface area (Å²) in [5.74, 6) is -0.0437. The summed E-state index contributed by atoms with van der Waals surface area (Å²) in [4.78, 5) is 24.5. The Balaban J connectivity index is 1.59. The monoisotopic (exact) mass is 388 g/mol. The van der Waals surface area contributed by atoms with Crippen LogP contribution >= 0.6 is 0 Å². The van der Waals surface area contributed by atoms with Gasteiger partial charge in [-0.2, -0.15) is 0 Å². The van der Waals surface area contributed by atoms with Crippen LogP contribution in [0.4, 0.5) is 0 Å². The first-order valence-electron chi connectivity index (χ1n) is 10.5. The molecular weight excluding hydrogens is 360 g/mol. The number of likely N-dealkylation sites (tertiary alicyclic amines) is 1. The van der Waals surface area contributed by atoms with Crippen LogP contribution in [-0.4, -0.2) is 46.5 Å². The van der Waals surface area contributed by atoms with E-state index in [4.69, 9.17) is 4.98 Å². The highest BCUT2D eigenvalue weighted by Crippen LogP contribution is 2.25. The number of aromatic nitrogens is 2. The molecule has 0 radical (unpaired) electrons. The third kappa shape index (κ3) is 4.46. The number of hydrogen-bond donors (Lipinski definition) is 1. The van der Waals surface area contributed by atoms with Gasteiger partial charge in [-0.1, -0.05) is 18.1 Å². The van der Waals surface area contributed by atoms with Gasteiger partial charge in [-0.3, -0.25) is 14.7 Å². The zero-order chi connectivity index (χ0) is 20.2. The molecule has 1 aliphatic rings. The number of rotatable bonds is 5. The first-order chi connectivity index (χ1) is 14.1. The number of carbonyl (C=O) groups is 1. The Morgan fingerprint density at radius 1 is 1.24 bits per heavy atom. The molecule has 1 fully saturated rings. The first kappa shape index (κ1) is 19.5. The van der Waals surface area contributed by atoms with Crippen LogP contribution in [0.15, 0.2) is 48.8 Å². The Hall–Kier alpha value is -2.79. The molecule has 3 aromatic rings. The molecule has 1 aliphatic heterocycles. The van der Waals surface area contributed by atoms with Crippen molar-refractivity contribution in [2.45, 2.75) is 39.2 Å². The number of hydrogen-bond acceptors (Lipinski definition) is 4. The van der Waals surface area contributed by atoms with Gasteiger partial charge in [0.1, 0.15) is 0 Å². The van der Waals surface area contributed by atoms with Gasteiger partial charge in [-0.25, -0.2) is 4.98 Å². The zero-order valence-corrected chi connectivity index (χ0v) is 17.2. The molecule has 1 N–H and O–H groups in total. The lowest BCUT2D eigenvalue weighted by Gasteiger charge is -2.33. The Morgan fingerprint density at radius 3 is 2.93 bits per heavy atom. The van der Waals surface area contributed by atoms with Crippen molar-refractivity contribution in [2.24, 2.45) is 0 Å². The summed E-state index contributed by atoms with van der Waals surface area (Å²) in [6.07, 6.45) is 7.33. The normalized spacial score (nSPS) is 17.4. The van der Waals surface area contributed by atoms with Crippen molar-refractivity contribution in [3.05, 3.63) is 59.9 Å². The molecular formula is C24H28N4O. The number of nitrogens with zero attached hydrogens (tertiary/aromatic N) is 3. The maximum atomic E-state index is 13.1. The Kier molecular flexibility index (Phi) is 5.86. The van der Waals surface area contributed by atoms with Gasteiger partial charge < -0.3 is 5.32 Å². The van der Waals surface area contributed by atoms with E-state index in [9.17, 15) is 4.79 Å². The van der Waals surface area contributed by atoms with E-state index in [-0.39, 0.29) is 5.91 Å². The van der Waals surface area contributed by atoms with Gasteiger partial charge in [0.2, 0.25) is 0 Å². The molecule has 4 rings (SSSR count). The van der Waals surface area contributed by atoms with Gasteiger partial charge in [-0.05, 0) is 63.6 Å². The van der Waals surface area contributed by atoms with Gasteiger partial charge in [0.05, 0.1) is 16.8 Å². The summed E-state index contributed by atoms with van der Waals surface area (Å²) in [5.41, 5.74) is 4.29. The smallest absolute Gasteiger partial charge is 0.252 e. The first-order valence-corrected chi connectivity index (χ1v) is 10.5. The molecule has 29 heavy (non-hydrogen) atoms. The molecule has 2 aromatic heterocycles. The lowest BCUT2D eigenvalue weighted by Crippen LogP contribution is -2.42. The van der Waals surface area contributed by atoms with E-state index in [0.717, 1.165) is 40.8 Å². The van der Waals surface area contributed by atoms with Gasteiger partial charge in [0.25, 0.3) is 5.91 Å². The van der Waals surface area contributed by atoms with E-state index < -0.39 is 0 Å². The predicted molar refractivity (Wildman–Crippen MR) is 117 cm³/mol. The fraction of sp³-hybridized carbons (Fsp3) is 0.375. The third-order valence-electron chi connectivity index (χ3n) is 5.79. The van der Waals surface area contributed by atoms with Gasteiger partial charge in [0, 0.05) is 42.5 Å². The maximum absolute atomic E-state index is 13.1. The topological polar surface area (TPSA) is 58.1 Å². The average Bonchev–Trinajstić information content (AvgIpc) is 2.75. The molecule has 1 saturated heterocycles. The van der Waals surface area contributed by atoms with Crippen LogP contribution < -0.4 is 5.32 Å². The van der Waals surface area contributed by atoms with Crippen LogP contribution in [0.2, 0.25) is 0 Å². The van der Waals surface area contributed by atoms with Crippen LogP contribution in [0.3, 0.4) is 0 Å². The highest BCUT2D eigenvalue weighted by atomic mass is 16.1. The fourth-order valence-corrected chi connectivity index (χ4v) is 4.09. The van der Waals surface area contributed by atoms with Gasteiger partial charge >= 0.3 is 0 Å². The zero-order valence-electron chi connectivity index (χ0n) is 17.2. The van der Waals surface area contributed by atoms with Crippen LogP contribution in [0, 0.1) is 6.92 Å². The lowest BCUT2D eigenvalue weighted by atomic mass is 10.0. The van der Waals surface area contributed by atoms with Crippen LogP contribution in [-0.2, 0) is 0 Å². The molecule has 0 spiro atoms. The second kappa shape index (κ2) is 8.70. The second-order valence-electron chi connectivity index (χ2n) is 7.95. The van der Waals surface area contributed by atoms with E-state index in [1.165, 1.54) is 19.3 Å². The van der Waals surface area contributed by atoms with E-state index >= 15 is 0 Å². The van der Waals surface area contributed by atoms with Crippen LogP contribution in [0.5, 0.6) is 0 Å². The Bertz CT molecular complexity index is 1000. The number of carbonyl (C=O) groups excluding carboxylic acids is 1. The number of aryl methyl sites for hydroxylation is 1. The minimum Gasteiger partial charge on any atom is -0.351 e. The lowest BCUT2D eigenvalue weighted by molar-refractivity contribution is 0.0940. The number of nitrogens with one attached hydrogen (secondary N) is 1. The number of amides is 1. The maximum Gasteiger partial charge on any atom is 0.252 e. The molecule has 5 nitrogen and oxygen atoms in total. The van der Waals surface area contributed by atoms with Crippen molar-refractivity contribution in [1.82, 2.24) is 20.2 Å². The largest absolute Gasteiger partial charge is 0.351 e. The summed E-state index contributed by atoms with van der Waals surface area (Å²) in [5, 5.41) is 4.02. The standard InChI is InChI=1S/C24H28N4O/c1-17-8-9-22-20(14-17)21(15-23(27-22)19-7-5-10-25-16-19)24(29)26-11-13-28-12-4-3-6-18(28)2/h5,7-10,14-16,18H,3-4,6,11-13H2,1-2H3,(H,26,29)/t18-/m0/s1. The Labute approximate surface area is 172 Å². The van der Waals surface area contributed by atoms with E-state index in [0.29, 0.717) is 18.2 Å². The summed E-state index contributed by atoms with van der Waals surface area (Å²) < 4.78 is 0.